The van der Waals surface area contributed by atoms with E-state index in [4.69, 9.17) is 0 Å². The van der Waals surface area contributed by atoms with Gasteiger partial charge in [-0.1, -0.05) is 18.2 Å². The van der Waals surface area contributed by atoms with Crippen LogP contribution in [0, 0.1) is 0 Å². The molecule has 1 radical (unpaired) electrons. The van der Waals surface area contributed by atoms with E-state index in [2.05, 4.69) is 4.74 Å². The van der Waals surface area contributed by atoms with Gasteiger partial charge in [0.25, 0.3) is 0 Å². The van der Waals surface area contributed by atoms with Crippen LogP contribution in [0.5, 0.6) is 0 Å². The van der Waals surface area contributed by atoms with Crippen LogP contribution in [0.4, 0.5) is 4.79 Å². The van der Waals surface area contributed by atoms with Gasteiger partial charge < -0.3 is 4.74 Å². The average Bonchev–Trinajstić information content (AvgIpc) is 2.18. The number of rotatable bonds is 3. The molecule has 0 amide bonds. The molecule has 0 spiro atoms. The van der Waals surface area contributed by atoms with E-state index in [1.54, 1.807) is 18.2 Å². The molecule has 5 nitrogen and oxygen atoms in total. The maximum absolute atomic E-state index is 11.7. The second kappa shape index (κ2) is 4.31. The van der Waals surface area contributed by atoms with Crippen molar-refractivity contribution in [3.63, 3.8) is 0 Å². The van der Waals surface area contributed by atoms with Crippen LogP contribution in [-0.4, -0.2) is 20.0 Å². The van der Waals surface area contributed by atoms with E-state index in [1.807, 2.05) is 0 Å². The molecule has 0 heterocycles. The van der Waals surface area contributed by atoms with Crippen LogP contribution in [0.25, 0.3) is 0 Å². The Morgan fingerprint density at radius 2 is 1.80 bits per heavy atom. The molecule has 0 aliphatic rings. The van der Waals surface area contributed by atoms with Crippen LogP contribution in [0.3, 0.4) is 0 Å². The molecule has 6 heteroatoms. The summed E-state index contributed by atoms with van der Waals surface area (Å²) in [6.45, 7) is 1.14. The lowest BCUT2D eigenvalue weighted by Gasteiger charge is -2.10. The number of sulfone groups is 1. The summed E-state index contributed by atoms with van der Waals surface area (Å²) in [7, 11) is -3.78. The lowest BCUT2D eigenvalue weighted by atomic mass is 10.4. The molecule has 1 atom stereocenters. The Labute approximate surface area is 87.2 Å². The summed E-state index contributed by atoms with van der Waals surface area (Å²) in [5.74, 6) is 0. The van der Waals surface area contributed by atoms with E-state index in [9.17, 15) is 18.3 Å². The Hall–Kier alpha value is -1.56. The van der Waals surface area contributed by atoms with Crippen LogP contribution in [0.2, 0.25) is 0 Å². The van der Waals surface area contributed by atoms with Gasteiger partial charge in [-0.05, 0) is 19.1 Å². The van der Waals surface area contributed by atoms with Gasteiger partial charge in [-0.25, -0.2) is 8.42 Å². The number of ether oxygens (including phenoxy) is 1. The molecular weight excluding hydrogens is 220 g/mol. The molecule has 0 saturated heterocycles. The highest BCUT2D eigenvalue weighted by atomic mass is 32.2. The van der Waals surface area contributed by atoms with Gasteiger partial charge in [0.05, 0.1) is 4.90 Å². The average molecular weight is 229 g/mol. The molecule has 1 aromatic carbocycles. The van der Waals surface area contributed by atoms with Crippen LogP contribution in [-0.2, 0) is 19.7 Å². The lowest BCUT2D eigenvalue weighted by molar-refractivity contribution is 0.0608. The van der Waals surface area contributed by atoms with Crippen molar-refractivity contribution in [1.82, 2.24) is 0 Å². The number of carbonyl (C=O) groups excluding carboxylic acids is 1. The number of benzene rings is 1. The molecule has 0 aliphatic heterocycles. The Kier molecular flexibility index (Phi) is 3.31. The van der Waals surface area contributed by atoms with Crippen LogP contribution in [0.15, 0.2) is 35.2 Å². The molecule has 1 aromatic rings. The summed E-state index contributed by atoms with van der Waals surface area (Å²) in [6.07, 6.45) is -1.86. The first-order chi connectivity index (χ1) is 6.94. The summed E-state index contributed by atoms with van der Waals surface area (Å²) in [5, 5.41) is 10.1. The Balaban J connectivity index is 2.99. The van der Waals surface area contributed by atoms with Crippen LogP contribution in [0.1, 0.15) is 6.92 Å². The third-order valence-electron chi connectivity index (χ3n) is 1.77. The van der Waals surface area contributed by atoms with Crippen molar-refractivity contribution >= 4 is 16.0 Å². The molecule has 0 aromatic heterocycles. The van der Waals surface area contributed by atoms with Crippen molar-refractivity contribution in [2.45, 2.75) is 17.3 Å². The minimum absolute atomic E-state index is 0.0127. The smallest absolute Gasteiger partial charge is 0.412 e. The summed E-state index contributed by atoms with van der Waals surface area (Å²) in [6, 6.07) is 7.47. The molecule has 0 aliphatic carbocycles. The summed E-state index contributed by atoms with van der Waals surface area (Å²) in [5.41, 5.74) is -1.47. The summed E-state index contributed by atoms with van der Waals surface area (Å²) < 4.78 is 27.4. The molecule has 0 saturated carbocycles. The molecule has 1 rings (SSSR count). The monoisotopic (exact) mass is 229 g/mol. The second-order valence-corrected chi connectivity index (χ2v) is 5.02. The zero-order valence-electron chi connectivity index (χ0n) is 7.91. The SMILES string of the molecule is CC(OC([O])=O)S(=O)(=O)c1ccccc1. The van der Waals surface area contributed by atoms with Crippen LogP contribution < -0.4 is 0 Å². The predicted molar refractivity (Wildman–Crippen MR) is 50.3 cm³/mol. The zero-order valence-corrected chi connectivity index (χ0v) is 8.73. The van der Waals surface area contributed by atoms with Gasteiger partial charge >= 0.3 is 6.16 Å². The van der Waals surface area contributed by atoms with E-state index in [0.717, 1.165) is 6.92 Å². The standard InChI is InChI=1S/C9H9O5S/c1-7(14-9(10)11)15(12,13)8-5-3-2-4-6-8/h2-7H,1H3. The highest BCUT2D eigenvalue weighted by molar-refractivity contribution is 7.91. The fourth-order valence-corrected chi connectivity index (χ4v) is 2.13. The van der Waals surface area contributed by atoms with Crippen molar-refractivity contribution in [3.8, 4) is 0 Å². The van der Waals surface area contributed by atoms with E-state index in [0.29, 0.717) is 0 Å². The van der Waals surface area contributed by atoms with E-state index < -0.39 is 21.4 Å². The van der Waals surface area contributed by atoms with Gasteiger partial charge in [-0.2, -0.15) is 9.90 Å². The Morgan fingerprint density at radius 3 is 2.27 bits per heavy atom. The van der Waals surface area contributed by atoms with Crippen molar-refractivity contribution in [3.05, 3.63) is 30.3 Å². The van der Waals surface area contributed by atoms with Gasteiger partial charge in [0.15, 0.2) is 0 Å². The number of hydrogen-bond acceptors (Lipinski definition) is 4. The number of hydrogen-bond donors (Lipinski definition) is 0. The maximum atomic E-state index is 11.7. The molecule has 81 valence electrons. The minimum Gasteiger partial charge on any atom is -0.412 e. The van der Waals surface area contributed by atoms with Gasteiger partial charge in [0.1, 0.15) is 0 Å². The Morgan fingerprint density at radius 1 is 1.27 bits per heavy atom. The normalized spacial score (nSPS) is 13.1. The van der Waals surface area contributed by atoms with Gasteiger partial charge in [-0.3, -0.25) is 0 Å². The first kappa shape index (κ1) is 11.5. The third-order valence-corrected chi connectivity index (χ3v) is 3.67. The van der Waals surface area contributed by atoms with Gasteiger partial charge in [-0.15, -0.1) is 0 Å². The summed E-state index contributed by atoms with van der Waals surface area (Å²) >= 11 is 0. The Bertz CT molecular complexity index is 437. The largest absolute Gasteiger partial charge is 0.551 e. The predicted octanol–water partition coefficient (Wildman–Crippen LogP) is 1.37. The van der Waals surface area contributed by atoms with Crippen molar-refractivity contribution in [2.24, 2.45) is 0 Å². The lowest BCUT2D eigenvalue weighted by Crippen LogP contribution is -2.23. The van der Waals surface area contributed by atoms with E-state index in [1.165, 1.54) is 12.1 Å². The molecular formula is C9H9O5S. The maximum Gasteiger partial charge on any atom is 0.551 e. The molecule has 0 bridgehead atoms. The zero-order chi connectivity index (χ0) is 11.5. The van der Waals surface area contributed by atoms with Crippen molar-refractivity contribution < 1.29 is 23.1 Å². The molecule has 15 heavy (non-hydrogen) atoms. The molecule has 1 unspecified atom stereocenters. The first-order valence-electron chi connectivity index (χ1n) is 4.11. The van der Waals surface area contributed by atoms with Crippen molar-refractivity contribution in [1.29, 1.82) is 0 Å². The second-order valence-electron chi connectivity index (χ2n) is 2.79. The quantitative estimate of drug-likeness (QED) is 0.733. The van der Waals surface area contributed by atoms with Crippen LogP contribution >= 0.6 is 0 Å². The topological polar surface area (TPSA) is 80.3 Å². The first-order valence-corrected chi connectivity index (χ1v) is 5.66. The molecule has 0 fully saturated rings. The third kappa shape index (κ3) is 2.69. The van der Waals surface area contributed by atoms with Gasteiger partial charge in [0.2, 0.25) is 15.3 Å². The van der Waals surface area contributed by atoms with Gasteiger partial charge in [0, 0.05) is 0 Å². The highest BCUT2D eigenvalue weighted by Gasteiger charge is 2.26. The highest BCUT2D eigenvalue weighted by Crippen LogP contribution is 2.16. The minimum atomic E-state index is -3.78. The fraction of sp³-hybridized carbons (Fsp3) is 0.222. The number of carbonyl (C=O) groups is 1. The van der Waals surface area contributed by atoms with Crippen molar-refractivity contribution in [2.75, 3.05) is 0 Å². The van der Waals surface area contributed by atoms with E-state index >= 15 is 0 Å². The molecule has 0 N–H and O–H groups in total. The van der Waals surface area contributed by atoms with E-state index in [-0.39, 0.29) is 4.90 Å². The summed E-state index contributed by atoms with van der Waals surface area (Å²) in [4.78, 5) is 10.1. The fourth-order valence-electron chi connectivity index (χ4n) is 1.00.